The largest absolute Gasteiger partial charge is 0.416 e. The van der Waals surface area contributed by atoms with Crippen molar-refractivity contribution in [2.45, 2.75) is 71.9 Å². The topological polar surface area (TPSA) is 15.8 Å². The van der Waals surface area contributed by atoms with E-state index >= 15 is 0 Å². The first kappa shape index (κ1) is 19.6. The molecule has 138 valence electrons. The Morgan fingerprint density at radius 3 is 1.92 bits per heavy atom. The Morgan fingerprint density at radius 2 is 1.40 bits per heavy atom. The van der Waals surface area contributed by atoms with Crippen molar-refractivity contribution in [1.82, 2.24) is 4.98 Å². The molecule has 0 saturated heterocycles. The summed E-state index contributed by atoms with van der Waals surface area (Å²) in [7, 11) is 0. The van der Waals surface area contributed by atoms with Crippen molar-refractivity contribution >= 4 is 0 Å². The summed E-state index contributed by atoms with van der Waals surface area (Å²) >= 11 is 0. The molecule has 0 bridgehead atoms. The number of nitrogens with one attached hydrogen (secondary N) is 1. The fourth-order valence-electron chi connectivity index (χ4n) is 3.36. The molecule has 1 aromatic heterocycles. The molecule has 0 spiro atoms. The van der Waals surface area contributed by atoms with E-state index in [1.54, 1.807) is 6.07 Å². The molecule has 0 saturated carbocycles. The number of H-pyrrole nitrogens is 1. The Morgan fingerprint density at radius 1 is 0.800 bits per heavy atom. The molecule has 1 N–H and O–H groups in total. The highest BCUT2D eigenvalue weighted by Crippen LogP contribution is 2.40. The van der Waals surface area contributed by atoms with Crippen molar-refractivity contribution in [2.75, 3.05) is 0 Å². The molecule has 0 fully saturated rings. The Kier molecular flexibility index (Phi) is 5.70. The second kappa shape index (κ2) is 7.27. The molecule has 25 heavy (non-hydrogen) atoms. The summed E-state index contributed by atoms with van der Waals surface area (Å²) in [4.78, 5) is 3.15. The van der Waals surface area contributed by atoms with Crippen LogP contribution in [0.25, 0.3) is 11.1 Å². The zero-order chi connectivity index (χ0) is 18.8. The predicted octanol–water partition coefficient (Wildman–Crippen LogP) is 6.90. The maximum Gasteiger partial charge on any atom is 0.416 e. The summed E-state index contributed by atoms with van der Waals surface area (Å²) < 4.78 is 40.6. The minimum atomic E-state index is -4.31. The van der Waals surface area contributed by atoms with Crippen LogP contribution in [0, 0.1) is 0 Å². The van der Waals surface area contributed by atoms with Gasteiger partial charge in [0, 0.05) is 18.0 Å². The third kappa shape index (κ3) is 4.28. The number of aromatic nitrogens is 1. The molecule has 2 rings (SSSR count). The van der Waals surface area contributed by atoms with Crippen LogP contribution in [0.2, 0.25) is 0 Å². The second-order valence-corrected chi connectivity index (χ2v) is 7.70. The molecule has 1 nitrogen and oxygen atoms in total. The first-order valence-electron chi connectivity index (χ1n) is 9.00. The molecule has 0 aliphatic heterocycles. The van der Waals surface area contributed by atoms with E-state index in [0.29, 0.717) is 24.8 Å². The van der Waals surface area contributed by atoms with Gasteiger partial charge in [0.2, 0.25) is 0 Å². The van der Waals surface area contributed by atoms with Gasteiger partial charge in [-0.2, -0.15) is 13.2 Å². The van der Waals surface area contributed by atoms with Crippen molar-refractivity contribution in [3.63, 3.8) is 0 Å². The molecular weight excluding hydrogens is 323 g/mol. The lowest BCUT2D eigenvalue weighted by atomic mass is 9.82. The lowest BCUT2D eigenvalue weighted by Gasteiger charge is -2.22. The molecule has 0 unspecified atom stereocenters. The van der Waals surface area contributed by atoms with Crippen molar-refractivity contribution in [2.24, 2.45) is 0 Å². The summed E-state index contributed by atoms with van der Waals surface area (Å²) in [6, 6.07) is 3.15. The molecule has 0 amide bonds. The molecule has 0 aliphatic carbocycles. The maximum absolute atomic E-state index is 13.5. The first-order valence-corrected chi connectivity index (χ1v) is 9.00. The van der Waals surface area contributed by atoms with Crippen molar-refractivity contribution < 1.29 is 13.2 Å². The Labute approximate surface area is 148 Å². The van der Waals surface area contributed by atoms with Crippen LogP contribution in [0.3, 0.4) is 0 Å². The lowest BCUT2D eigenvalue weighted by molar-refractivity contribution is -0.138. The summed E-state index contributed by atoms with van der Waals surface area (Å²) in [5, 5.41) is 0. The number of alkyl halides is 3. The summed E-state index contributed by atoms with van der Waals surface area (Å²) in [5.41, 5.74) is 3.70. The average Bonchev–Trinajstić information content (AvgIpc) is 2.97. The van der Waals surface area contributed by atoms with Gasteiger partial charge >= 0.3 is 6.18 Å². The van der Waals surface area contributed by atoms with Gasteiger partial charge in [0.25, 0.3) is 0 Å². The van der Waals surface area contributed by atoms with E-state index in [9.17, 15) is 13.2 Å². The van der Waals surface area contributed by atoms with Crippen LogP contribution in [0.4, 0.5) is 13.2 Å². The highest BCUT2D eigenvalue weighted by molar-refractivity contribution is 5.73. The molecule has 4 heteroatoms. The molecule has 0 aliphatic rings. The summed E-state index contributed by atoms with van der Waals surface area (Å²) in [6.45, 7) is 10.3. The van der Waals surface area contributed by atoms with Gasteiger partial charge in [-0.1, -0.05) is 53.5 Å². The van der Waals surface area contributed by atoms with E-state index in [-0.39, 0.29) is 5.41 Å². The van der Waals surface area contributed by atoms with Gasteiger partial charge in [-0.25, -0.2) is 0 Å². The van der Waals surface area contributed by atoms with Gasteiger partial charge in [0.15, 0.2) is 0 Å². The fraction of sp³-hybridized carbons (Fsp3) is 0.524. The van der Waals surface area contributed by atoms with Gasteiger partial charge in [-0.3, -0.25) is 0 Å². The van der Waals surface area contributed by atoms with Crippen molar-refractivity contribution in [3.05, 3.63) is 46.8 Å². The highest BCUT2D eigenvalue weighted by atomic mass is 19.4. The highest BCUT2D eigenvalue weighted by Gasteiger charge is 2.34. The number of halogens is 3. The quantitative estimate of drug-likeness (QED) is 0.603. The van der Waals surface area contributed by atoms with Crippen LogP contribution in [0.15, 0.2) is 24.5 Å². The zero-order valence-electron chi connectivity index (χ0n) is 15.8. The minimum absolute atomic E-state index is 0.0769. The van der Waals surface area contributed by atoms with Crippen LogP contribution >= 0.6 is 0 Å². The van der Waals surface area contributed by atoms with Gasteiger partial charge in [-0.05, 0) is 46.6 Å². The standard InChI is InChI=1S/C21H28F3N/c1-6-8-14-11-18(21(22,23)24)15(9-7-2)10-16(14)17-12-25-13-19(17)20(3,4)5/h10-13,25H,6-9H2,1-5H3. The van der Waals surface area contributed by atoms with E-state index in [2.05, 4.69) is 25.8 Å². The Balaban J connectivity index is 2.73. The number of aryl methyl sites for hydroxylation is 2. The molecule has 2 aromatic rings. The zero-order valence-corrected chi connectivity index (χ0v) is 15.8. The smallest absolute Gasteiger partial charge is 0.367 e. The van der Waals surface area contributed by atoms with Crippen LogP contribution in [-0.2, 0) is 24.4 Å². The second-order valence-electron chi connectivity index (χ2n) is 7.70. The maximum atomic E-state index is 13.5. The number of benzene rings is 1. The summed E-state index contributed by atoms with van der Waals surface area (Å²) in [5.74, 6) is 0. The SMILES string of the molecule is CCCc1cc(C(F)(F)F)c(CCC)cc1-c1c[nH]cc1C(C)(C)C. The molecule has 1 heterocycles. The summed E-state index contributed by atoms with van der Waals surface area (Å²) in [6.07, 6.45) is 2.14. The molecule has 0 atom stereocenters. The van der Waals surface area contributed by atoms with E-state index in [1.165, 1.54) is 6.07 Å². The minimum Gasteiger partial charge on any atom is -0.367 e. The number of rotatable bonds is 5. The van der Waals surface area contributed by atoms with Crippen LogP contribution < -0.4 is 0 Å². The van der Waals surface area contributed by atoms with E-state index in [1.807, 2.05) is 26.2 Å². The molecular formula is C21H28F3N. The van der Waals surface area contributed by atoms with Gasteiger partial charge in [-0.15, -0.1) is 0 Å². The fourth-order valence-corrected chi connectivity index (χ4v) is 3.36. The van der Waals surface area contributed by atoms with E-state index in [0.717, 1.165) is 28.7 Å². The van der Waals surface area contributed by atoms with Gasteiger partial charge in [0.05, 0.1) is 5.56 Å². The Hall–Kier alpha value is -1.71. The van der Waals surface area contributed by atoms with Crippen LogP contribution in [0.1, 0.15) is 69.7 Å². The van der Waals surface area contributed by atoms with Gasteiger partial charge < -0.3 is 4.98 Å². The number of hydrogen-bond donors (Lipinski definition) is 1. The molecule has 1 aromatic carbocycles. The van der Waals surface area contributed by atoms with Gasteiger partial charge in [0.1, 0.15) is 0 Å². The third-order valence-corrected chi connectivity index (χ3v) is 4.52. The number of hydrogen-bond acceptors (Lipinski definition) is 0. The van der Waals surface area contributed by atoms with E-state index < -0.39 is 11.7 Å². The first-order chi connectivity index (χ1) is 11.6. The van der Waals surface area contributed by atoms with Crippen molar-refractivity contribution in [1.29, 1.82) is 0 Å². The third-order valence-electron chi connectivity index (χ3n) is 4.52. The molecule has 0 radical (unpaired) electrons. The predicted molar refractivity (Wildman–Crippen MR) is 97.9 cm³/mol. The lowest BCUT2D eigenvalue weighted by Crippen LogP contribution is -2.13. The normalized spacial score (nSPS) is 12.6. The van der Waals surface area contributed by atoms with Crippen LogP contribution in [0.5, 0.6) is 0 Å². The van der Waals surface area contributed by atoms with Crippen molar-refractivity contribution in [3.8, 4) is 11.1 Å². The average molecular weight is 351 g/mol. The monoisotopic (exact) mass is 351 g/mol. The number of aromatic amines is 1. The van der Waals surface area contributed by atoms with Crippen LogP contribution in [-0.4, -0.2) is 4.98 Å². The Bertz CT molecular complexity index is 718. The van der Waals surface area contributed by atoms with E-state index in [4.69, 9.17) is 0 Å².